The number of aldehydes is 1. The van der Waals surface area contributed by atoms with Crippen LogP contribution in [0.25, 0.3) is 0 Å². The summed E-state index contributed by atoms with van der Waals surface area (Å²) in [6.45, 7) is 31.7. The van der Waals surface area contributed by atoms with E-state index in [2.05, 4.69) is 94.7 Å². The number of hydrogen-bond donors (Lipinski definition) is 5. The number of hydrogen-bond acceptors (Lipinski definition) is 6. The minimum Gasteiger partial charge on any atom is -0.358 e. The fourth-order valence-corrected chi connectivity index (χ4v) is 3.76. The van der Waals surface area contributed by atoms with E-state index in [0.717, 1.165) is 51.5 Å². The third kappa shape index (κ3) is 57.0. The van der Waals surface area contributed by atoms with Gasteiger partial charge in [-0.15, -0.1) is 26.3 Å². The Hall–Kier alpha value is -0.696. The van der Waals surface area contributed by atoms with Gasteiger partial charge in [0.25, 0.3) is 0 Å². The third-order valence-electron chi connectivity index (χ3n) is 6.03. The molecule has 0 spiro atoms. The summed E-state index contributed by atoms with van der Waals surface area (Å²) in [4.78, 5) is 19.8. The maximum atomic E-state index is 11.0. The molecule has 0 aromatic rings. The first-order valence-corrected chi connectivity index (χ1v) is 16.7. The molecule has 5 N–H and O–H groups in total. The van der Waals surface area contributed by atoms with Crippen LogP contribution in [0.2, 0.25) is 0 Å². The molecule has 0 saturated carbocycles. The van der Waals surface area contributed by atoms with Crippen LogP contribution in [0.15, 0.2) is 38.0 Å². The molecule has 0 heterocycles. The van der Waals surface area contributed by atoms with E-state index in [-0.39, 0.29) is 44.7 Å². The Morgan fingerprint density at radius 2 is 1.34 bits per heavy atom. The van der Waals surface area contributed by atoms with Crippen molar-refractivity contribution in [2.45, 2.75) is 150 Å². The molecule has 0 rings (SSSR count). The predicted molar refractivity (Wildman–Crippen MR) is 194 cm³/mol. The fraction of sp³-hybridized carbons (Fsp3) is 0.750. The molecule has 2 atom stereocenters. The molecule has 0 aromatic carbocycles. The van der Waals surface area contributed by atoms with Crippen molar-refractivity contribution in [3.05, 3.63) is 44.9 Å². The summed E-state index contributed by atoms with van der Waals surface area (Å²) in [5.41, 5.74) is 7.61. The Morgan fingerprint density at radius 1 is 0.864 bits per heavy atom. The minimum atomic E-state index is -0.0185. The number of allylic oxidation sites excluding steroid dienone is 1. The molecule has 8 heteroatoms. The maximum absolute atomic E-state index is 11.0. The van der Waals surface area contributed by atoms with Crippen LogP contribution in [-0.2, 0) is 42.3 Å². The largest absolute Gasteiger partial charge is 0.358 e. The van der Waals surface area contributed by atoms with Gasteiger partial charge >= 0.3 is 0 Å². The van der Waals surface area contributed by atoms with Gasteiger partial charge in [0, 0.05) is 58.4 Å². The van der Waals surface area contributed by atoms with Crippen LogP contribution in [0.5, 0.6) is 0 Å². The van der Waals surface area contributed by atoms with Crippen molar-refractivity contribution in [2.24, 2.45) is 0 Å². The molecule has 0 fully saturated rings. The van der Waals surface area contributed by atoms with Crippen LogP contribution < -0.4 is 26.8 Å². The van der Waals surface area contributed by atoms with Crippen LogP contribution in [0.3, 0.4) is 0 Å². The number of unbranched alkanes of at least 4 members (excludes halogenated alkanes) is 8. The van der Waals surface area contributed by atoms with Crippen LogP contribution in [0.4, 0.5) is 0 Å². The predicted octanol–water partition coefficient (Wildman–Crippen LogP) is 7.86. The van der Waals surface area contributed by atoms with Crippen LogP contribution in [0.1, 0.15) is 131 Å². The van der Waals surface area contributed by atoms with E-state index >= 15 is 0 Å². The third-order valence-corrected chi connectivity index (χ3v) is 6.03. The Balaban J connectivity index is -0.000000116. The first-order valence-electron chi connectivity index (χ1n) is 16.7. The summed E-state index contributed by atoms with van der Waals surface area (Å²) in [6, 6.07) is 0.940. The Kier molecular flexibility index (Phi) is 65.6. The van der Waals surface area contributed by atoms with Crippen LogP contribution in [-0.4, -0.2) is 57.5 Å². The molecule has 261 valence electrons. The quantitative estimate of drug-likeness (QED) is 0.0245. The second-order valence-electron chi connectivity index (χ2n) is 10.7. The van der Waals surface area contributed by atoms with Gasteiger partial charge in [0.1, 0.15) is 6.29 Å². The molecular weight excluding hydrogens is 623 g/mol. The average molecular weight is 700 g/mol. The second-order valence-corrected chi connectivity index (χ2v) is 10.7. The zero-order valence-corrected chi connectivity index (χ0v) is 33.5. The Morgan fingerprint density at radius 3 is 1.70 bits per heavy atom. The Labute approximate surface area is 301 Å². The number of amides is 1. The SMILES string of the molecule is C=C.C=CC(CCC(=C)C)NC(C)C.CC=O.CCCC(NC)C(=O)NC.[CH2-]CCNNCCCCCCCCCCC.[Y]. The molecule has 0 bridgehead atoms. The summed E-state index contributed by atoms with van der Waals surface area (Å²) >= 11 is 0. The maximum Gasteiger partial charge on any atom is 0.236 e. The van der Waals surface area contributed by atoms with Crippen molar-refractivity contribution < 1.29 is 42.3 Å². The average Bonchev–Trinajstić information content (AvgIpc) is 3.00. The zero-order chi connectivity index (χ0) is 34.2. The Bertz CT molecular complexity index is 563. The normalized spacial score (nSPS) is 10.8. The van der Waals surface area contributed by atoms with E-state index in [9.17, 15) is 4.79 Å². The molecule has 1 radical (unpaired) electrons. The van der Waals surface area contributed by atoms with Crippen molar-refractivity contribution in [3.63, 3.8) is 0 Å². The number of nitrogens with one attached hydrogen (secondary N) is 5. The van der Waals surface area contributed by atoms with Gasteiger partial charge in [0.2, 0.25) is 5.91 Å². The van der Waals surface area contributed by atoms with E-state index in [4.69, 9.17) is 4.79 Å². The molecule has 44 heavy (non-hydrogen) atoms. The number of hydrazine groups is 1. The zero-order valence-electron chi connectivity index (χ0n) is 30.6. The minimum absolute atomic E-state index is 0. The molecular formula is C36H76N5O2Y-. The first-order chi connectivity index (χ1) is 20.6. The van der Waals surface area contributed by atoms with Gasteiger partial charge in [-0.3, -0.25) is 15.6 Å². The standard InChI is InChI=1S/C14H31N2.C11H21N.C7H16N2O.C2H4O.C2H4.Y/c1-3-5-6-7-8-9-10-11-12-14-16-15-13-4-2;1-6-11(12-10(4)5)8-7-9(2)3;1-4-5-6(8-2)7(10)9-3;1-2-3;1-2;/h15-16H,2-14H2,1H3;6,10-12H,1-2,7-8H2,3-5H3;6,8H,4-5H2,1-3H3,(H,9,10);2H,1H3;1-2H2;/q-1;;;;;. The van der Waals surface area contributed by atoms with Crippen molar-refractivity contribution in [1.29, 1.82) is 0 Å². The molecule has 0 aliphatic carbocycles. The van der Waals surface area contributed by atoms with E-state index in [1.165, 1.54) is 70.3 Å². The van der Waals surface area contributed by atoms with Gasteiger partial charge in [-0.1, -0.05) is 97.1 Å². The van der Waals surface area contributed by atoms with Crippen LogP contribution >= 0.6 is 0 Å². The van der Waals surface area contributed by atoms with Gasteiger partial charge in [-0.25, -0.2) is 0 Å². The van der Waals surface area contributed by atoms with Crippen molar-refractivity contribution >= 4 is 12.2 Å². The molecule has 7 nitrogen and oxygen atoms in total. The van der Waals surface area contributed by atoms with Gasteiger partial charge in [-0.2, -0.15) is 6.42 Å². The van der Waals surface area contributed by atoms with Crippen molar-refractivity contribution in [3.8, 4) is 0 Å². The summed E-state index contributed by atoms with van der Waals surface area (Å²) < 4.78 is 0. The van der Waals surface area contributed by atoms with Crippen molar-refractivity contribution in [2.75, 3.05) is 27.2 Å². The first kappa shape index (κ1) is 55.7. The van der Waals surface area contributed by atoms with Gasteiger partial charge in [0.15, 0.2) is 0 Å². The molecule has 0 saturated heterocycles. The summed E-state index contributed by atoms with van der Waals surface area (Å²) in [5.74, 6) is 0.0735. The number of carbonyl (C=O) groups excluding carboxylic acids is 2. The monoisotopic (exact) mass is 700 g/mol. The number of likely N-dealkylation sites (N-methyl/N-ethyl adjacent to an activating group) is 2. The van der Waals surface area contributed by atoms with Crippen molar-refractivity contribution in [1.82, 2.24) is 26.8 Å². The van der Waals surface area contributed by atoms with Gasteiger partial charge in [0.05, 0.1) is 6.04 Å². The van der Waals surface area contributed by atoms with Crippen LogP contribution in [0, 0.1) is 6.92 Å². The molecule has 0 aliphatic heterocycles. The van der Waals surface area contributed by atoms with E-state index in [1.807, 2.05) is 6.08 Å². The number of rotatable bonds is 23. The fourth-order valence-electron chi connectivity index (χ4n) is 3.76. The van der Waals surface area contributed by atoms with E-state index in [1.54, 1.807) is 14.1 Å². The summed E-state index contributed by atoms with van der Waals surface area (Å²) in [6.07, 6.45) is 20.4. The van der Waals surface area contributed by atoms with Gasteiger partial charge < -0.3 is 27.7 Å². The van der Waals surface area contributed by atoms with E-state index in [0.29, 0.717) is 12.1 Å². The molecule has 2 unspecified atom stereocenters. The van der Waals surface area contributed by atoms with Gasteiger partial charge in [-0.05, 0) is 53.1 Å². The summed E-state index contributed by atoms with van der Waals surface area (Å²) in [7, 11) is 3.46. The number of carbonyl (C=O) groups is 2. The summed E-state index contributed by atoms with van der Waals surface area (Å²) in [5, 5.41) is 8.97. The smallest absolute Gasteiger partial charge is 0.236 e. The topological polar surface area (TPSA) is 94.3 Å². The molecule has 1 amide bonds. The van der Waals surface area contributed by atoms with E-state index < -0.39 is 0 Å². The second kappa shape index (κ2) is 51.9. The molecule has 0 aliphatic rings. The molecule has 0 aromatic heterocycles.